The van der Waals surface area contributed by atoms with Crippen molar-refractivity contribution in [2.75, 3.05) is 13.2 Å². The van der Waals surface area contributed by atoms with Gasteiger partial charge in [0.1, 0.15) is 18.3 Å². The molecule has 0 bridgehead atoms. The average molecular weight is 424 g/mol. The van der Waals surface area contributed by atoms with Gasteiger partial charge in [-0.15, -0.1) is 0 Å². The van der Waals surface area contributed by atoms with Crippen molar-refractivity contribution in [3.05, 3.63) is 24.3 Å². The van der Waals surface area contributed by atoms with E-state index in [1.807, 2.05) is 6.92 Å². The molecule has 0 saturated heterocycles. The predicted octanol–water partition coefficient (Wildman–Crippen LogP) is 5.41. The Morgan fingerprint density at radius 1 is 1.07 bits per heavy atom. The fourth-order valence-electron chi connectivity index (χ4n) is 2.61. The topological polar surface area (TPSA) is 74.2 Å². The molecule has 0 aromatic carbocycles. The van der Waals surface area contributed by atoms with Gasteiger partial charge in [-0.1, -0.05) is 60.1 Å². The predicted molar refractivity (Wildman–Crippen MR) is 122 cm³/mol. The summed E-state index contributed by atoms with van der Waals surface area (Å²) >= 11 is 0. The zero-order valence-corrected chi connectivity index (χ0v) is 20.0. The van der Waals surface area contributed by atoms with Gasteiger partial charge in [-0.05, 0) is 38.5 Å². The van der Waals surface area contributed by atoms with Gasteiger partial charge < -0.3 is 14.2 Å². The molecule has 0 radical (unpaired) electrons. The lowest BCUT2D eigenvalue weighted by Gasteiger charge is -2.30. The van der Waals surface area contributed by atoms with Crippen LogP contribution in [-0.2, 0) is 23.8 Å². The van der Waals surface area contributed by atoms with Gasteiger partial charge in [-0.25, -0.2) is 9.59 Å². The summed E-state index contributed by atoms with van der Waals surface area (Å²) in [7, 11) is 0. The van der Waals surface area contributed by atoms with Gasteiger partial charge in [0.25, 0.3) is 0 Å². The van der Waals surface area contributed by atoms with Crippen LogP contribution in [0.5, 0.6) is 0 Å². The monoisotopic (exact) mass is 423 g/mol. The molecule has 6 heteroatoms. The molecule has 0 aliphatic heterocycles. The van der Waals surface area contributed by atoms with Crippen LogP contribution in [-0.4, -0.2) is 43.2 Å². The Labute approximate surface area is 182 Å². The fourth-order valence-corrected chi connectivity index (χ4v) is 2.61. The Kier molecular flexibility index (Phi) is 13.0. The van der Waals surface area contributed by atoms with Crippen molar-refractivity contribution in [1.82, 2.24) is 0 Å². The number of esters is 2. The van der Waals surface area contributed by atoms with Crippen LogP contribution >= 0.6 is 0 Å². The third-order valence-electron chi connectivity index (χ3n) is 6.01. The summed E-state index contributed by atoms with van der Waals surface area (Å²) in [6.07, 6.45) is 8.02. The first-order valence-corrected chi connectivity index (χ1v) is 10.9. The molecular weight excluding hydrogens is 382 g/mol. The number of rotatable bonds is 15. The summed E-state index contributed by atoms with van der Waals surface area (Å²) < 4.78 is 16.5. The van der Waals surface area contributed by atoms with Gasteiger partial charge in [0.15, 0.2) is 6.40 Å². The highest BCUT2D eigenvalue weighted by Gasteiger charge is 2.28. The van der Waals surface area contributed by atoms with Crippen LogP contribution in [0.25, 0.3) is 0 Å². The third kappa shape index (κ3) is 10.6. The third-order valence-corrected chi connectivity index (χ3v) is 6.01. The van der Waals surface area contributed by atoms with E-state index in [0.717, 1.165) is 31.8 Å². The van der Waals surface area contributed by atoms with Crippen LogP contribution in [0.15, 0.2) is 29.3 Å². The van der Waals surface area contributed by atoms with Crippen molar-refractivity contribution in [3.8, 4) is 0 Å². The molecule has 0 rings (SSSR count). The van der Waals surface area contributed by atoms with Crippen LogP contribution in [0.1, 0.15) is 80.6 Å². The standard InChI is InChI=1S/C24H41NO5/c1-9-21(26)30-20(16-23(7,10-2)11-3)17-28-22(27)19(6)14-15-25-18-29-24(8,12-4)13-5/h9,14,18,20H,1,10-13,15-17H2,2-8H3/b19-14+,25-18+/t20-/m1/s1. The van der Waals surface area contributed by atoms with E-state index in [-0.39, 0.29) is 17.6 Å². The minimum absolute atomic E-state index is 0.00357. The molecule has 0 fully saturated rings. The maximum Gasteiger partial charge on any atom is 0.333 e. The Bertz CT molecular complexity index is 601. The molecule has 6 nitrogen and oxygen atoms in total. The summed E-state index contributed by atoms with van der Waals surface area (Å²) in [5.41, 5.74) is 0.233. The number of carbonyl (C=O) groups is 2. The lowest BCUT2D eigenvalue weighted by Crippen LogP contribution is -2.31. The molecule has 0 unspecified atom stereocenters. The van der Waals surface area contributed by atoms with Gasteiger partial charge in [-0.2, -0.15) is 0 Å². The second-order valence-corrected chi connectivity index (χ2v) is 8.22. The van der Waals surface area contributed by atoms with Gasteiger partial charge >= 0.3 is 11.9 Å². The summed E-state index contributed by atoms with van der Waals surface area (Å²) in [6, 6.07) is 0. The Balaban J connectivity index is 4.78. The van der Waals surface area contributed by atoms with Crippen molar-refractivity contribution >= 4 is 18.3 Å². The van der Waals surface area contributed by atoms with Crippen LogP contribution in [0.2, 0.25) is 0 Å². The van der Waals surface area contributed by atoms with Crippen LogP contribution in [0.4, 0.5) is 0 Å². The first-order chi connectivity index (χ1) is 14.1. The first kappa shape index (κ1) is 27.9. The molecule has 1 atom stereocenters. The second-order valence-electron chi connectivity index (χ2n) is 8.22. The molecule has 0 aliphatic carbocycles. The highest BCUT2D eigenvalue weighted by atomic mass is 16.6. The SMILES string of the molecule is C=CC(=O)O[C@@H](COC(=O)/C(C)=C/C/N=C/OC(C)(CC)CC)CC(C)(CC)CC. The molecule has 0 aromatic heterocycles. The highest BCUT2D eigenvalue weighted by Crippen LogP contribution is 2.32. The molecule has 0 N–H and O–H groups in total. The largest absolute Gasteiger partial charge is 0.477 e. The maximum absolute atomic E-state index is 12.3. The van der Waals surface area contributed by atoms with E-state index in [9.17, 15) is 9.59 Å². The van der Waals surface area contributed by atoms with E-state index >= 15 is 0 Å². The van der Waals surface area contributed by atoms with Crippen molar-refractivity contribution in [2.24, 2.45) is 10.4 Å². The van der Waals surface area contributed by atoms with Gasteiger partial charge in [0.2, 0.25) is 0 Å². The van der Waals surface area contributed by atoms with Crippen molar-refractivity contribution < 1.29 is 23.8 Å². The number of hydrogen-bond acceptors (Lipinski definition) is 6. The summed E-state index contributed by atoms with van der Waals surface area (Å²) in [5.74, 6) is -0.967. The van der Waals surface area contributed by atoms with E-state index in [1.165, 1.54) is 6.40 Å². The maximum atomic E-state index is 12.3. The van der Waals surface area contributed by atoms with E-state index in [1.54, 1.807) is 13.0 Å². The smallest absolute Gasteiger partial charge is 0.333 e. The van der Waals surface area contributed by atoms with E-state index < -0.39 is 18.0 Å². The van der Waals surface area contributed by atoms with E-state index in [2.05, 4.69) is 46.2 Å². The second kappa shape index (κ2) is 14.0. The van der Waals surface area contributed by atoms with E-state index in [0.29, 0.717) is 18.5 Å². The molecule has 0 saturated carbocycles. The quantitative estimate of drug-likeness (QED) is 0.152. The van der Waals surface area contributed by atoms with Crippen molar-refractivity contribution in [2.45, 2.75) is 92.3 Å². The summed E-state index contributed by atoms with van der Waals surface area (Å²) in [4.78, 5) is 28.1. The average Bonchev–Trinajstić information content (AvgIpc) is 2.76. The van der Waals surface area contributed by atoms with Crippen LogP contribution < -0.4 is 0 Å². The van der Waals surface area contributed by atoms with Crippen LogP contribution in [0, 0.1) is 5.41 Å². The number of aliphatic imine (C=N–C) groups is 1. The van der Waals surface area contributed by atoms with Gasteiger partial charge in [-0.3, -0.25) is 4.99 Å². The lowest BCUT2D eigenvalue weighted by molar-refractivity contribution is -0.155. The molecule has 172 valence electrons. The number of nitrogens with zero attached hydrogens (tertiary/aromatic N) is 1. The Hall–Kier alpha value is -2.11. The zero-order valence-electron chi connectivity index (χ0n) is 20.0. The molecular formula is C24H41NO5. The van der Waals surface area contributed by atoms with Crippen molar-refractivity contribution in [3.63, 3.8) is 0 Å². The summed E-state index contributed by atoms with van der Waals surface area (Å²) in [6.45, 7) is 18.0. The number of carbonyl (C=O) groups excluding carboxylic acids is 2. The van der Waals surface area contributed by atoms with Crippen LogP contribution in [0.3, 0.4) is 0 Å². The van der Waals surface area contributed by atoms with E-state index in [4.69, 9.17) is 14.2 Å². The molecule has 30 heavy (non-hydrogen) atoms. The first-order valence-electron chi connectivity index (χ1n) is 10.9. The number of ether oxygens (including phenoxy) is 3. The minimum atomic E-state index is -0.515. The summed E-state index contributed by atoms with van der Waals surface area (Å²) in [5, 5.41) is 0. The molecule has 0 amide bonds. The molecule has 0 spiro atoms. The normalized spacial score (nSPS) is 13.8. The number of hydrogen-bond donors (Lipinski definition) is 0. The Morgan fingerprint density at radius 3 is 2.17 bits per heavy atom. The lowest BCUT2D eigenvalue weighted by atomic mass is 9.79. The Morgan fingerprint density at radius 2 is 1.67 bits per heavy atom. The van der Waals surface area contributed by atoms with Gasteiger partial charge in [0, 0.05) is 11.6 Å². The highest BCUT2D eigenvalue weighted by molar-refractivity contribution is 5.87. The zero-order chi connectivity index (χ0) is 23.2. The molecule has 0 aliphatic rings. The molecule has 0 heterocycles. The van der Waals surface area contributed by atoms with Crippen molar-refractivity contribution in [1.29, 1.82) is 0 Å². The fraction of sp³-hybridized carbons (Fsp3) is 0.708. The van der Waals surface area contributed by atoms with Gasteiger partial charge in [0.05, 0.1) is 6.54 Å². The molecule has 0 aromatic rings. The minimum Gasteiger partial charge on any atom is -0.477 e.